The van der Waals surface area contributed by atoms with Crippen LogP contribution in [0.25, 0.3) is 0 Å². The maximum atomic E-state index is 10.6. The summed E-state index contributed by atoms with van der Waals surface area (Å²) in [6.45, 7) is 1.99. The molecule has 1 aliphatic rings. The molecule has 2 aromatic carbocycles. The fraction of sp³-hybridized carbons (Fsp3) is 0.316. The third kappa shape index (κ3) is 4.19. The first-order valence-electron chi connectivity index (χ1n) is 8.14. The first-order chi connectivity index (χ1) is 11.7. The molecule has 3 rings (SSSR count). The number of ether oxygens (including phenoxy) is 2. The molecule has 0 bridgehead atoms. The Kier molecular flexibility index (Phi) is 5.21. The molecule has 0 fully saturated rings. The Morgan fingerprint density at radius 3 is 2.67 bits per heavy atom. The molecule has 126 valence electrons. The molecule has 1 heterocycles. The lowest BCUT2D eigenvalue weighted by Gasteiger charge is -2.14. The second kappa shape index (κ2) is 7.73. The van der Waals surface area contributed by atoms with Crippen LogP contribution in [0.1, 0.15) is 24.0 Å². The van der Waals surface area contributed by atoms with E-state index in [0.717, 1.165) is 34.7 Å². The topological polar surface area (TPSA) is 67.8 Å². The lowest BCUT2D eigenvalue weighted by atomic mass is 10.1. The van der Waals surface area contributed by atoms with Crippen LogP contribution in [0.15, 0.2) is 42.5 Å². The first kappa shape index (κ1) is 16.2. The standard InChI is InChI=1S/C19H21NO4/c21-18(22)10-7-14-5-8-16(9-6-14)20-13-15-3-1-4-17-19(15)24-12-2-11-23-17/h1,3-6,8-9,20H,2,7,10-13H2,(H,21,22). The van der Waals surface area contributed by atoms with Crippen LogP contribution in [0.3, 0.4) is 0 Å². The highest BCUT2D eigenvalue weighted by atomic mass is 16.5. The summed E-state index contributed by atoms with van der Waals surface area (Å²) in [5.74, 6) is 0.848. The molecule has 2 N–H and O–H groups in total. The largest absolute Gasteiger partial charge is 0.490 e. The summed E-state index contributed by atoms with van der Waals surface area (Å²) in [6.07, 6.45) is 1.59. The molecule has 0 aliphatic carbocycles. The highest BCUT2D eigenvalue weighted by Gasteiger charge is 2.14. The Bertz CT molecular complexity index is 697. The minimum absolute atomic E-state index is 0.153. The Morgan fingerprint density at radius 1 is 1.08 bits per heavy atom. The van der Waals surface area contributed by atoms with Crippen molar-refractivity contribution < 1.29 is 19.4 Å². The fourth-order valence-corrected chi connectivity index (χ4v) is 2.63. The number of nitrogens with one attached hydrogen (secondary N) is 1. The fourth-order valence-electron chi connectivity index (χ4n) is 2.63. The second-order valence-corrected chi connectivity index (χ2v) is 5.74. The van der Waals surface area contributed by atoms with Gasteiger partial charge in [-0.2, -0.15) is 0 Å². The van der Waals surface area contributed by atoms with Gasteiger partial charge in [0, 0.05) is 30.6 Å². The van der Waals surface area contributed by atoms with E-state index in [1.165, 1.54) is 0 Å². The molecule has 24 heavy (non-hydrogen) atoms. The zero-order valence-corrected chi connectivity index (χ0v) is 13.5. The van der Waals surface area contributed by atoms with Crippen molar-refractivity contribution in [3.8, 4) is 11.5 Å². The van der Waals surface area contributed by atoms with Gasteiger partial charge < -0.3 is 19.9 Å². The molecular weight excluding hydrogens is 306 g/mol. The van der Waals surface area contributed by atoms with Crippen LogP contribution in [0.4, 0.5) is 5.69 Å². The number of para-hydroxylation sites is 1. The number of hydrogen-bond acceptors (Lipinski definition) is 4. The number of anilines is 1. The van der Waals surface area contributed by atoms with Crippen molar-refractivity contribution in [3.63, 3.8) is 0 Å². The van der Waals surface area contributed by atoms with Gasteiger partial charge in [-0.1, -0.05) is 24.3 Å². The SMILES string of the molecule is O=C(O)CCc1ccc(NCc2cccc3c2OCCCO3)cc1. The van der Waals surface area contributed by atoms with E-state index < -0.39 is 5.97 Å². The zero-order valence-electron chi connectivity index (χ0n) is 13.5. The van der Waals surface area contributed by atoms with E-state index in [1.807, 2.05) is 42.5 Å². The van der Waals surface area contributed by atoms with Crippen molar-refractivity contribution in [2.75, 3.05) is 18.5 Å². The lowest BCUT2D eigenvalue weighted by molar-refractivity contribution is -0.136. The van der Waals surface area contributed by atoms with E-state index in [1.54, 1.807) is 0 Å². The third-order valence-electron chi connectivity index (χ3n) is 3.92. The smallest absolute Gasteiger partial charge is 0.303 e. The molecule has 0 aromatic heterocycles. The van der Waals surface area contributed by atoms with Gasteiger partial charge in [-0.25, -0.2) is 0 Å². The van der Waals surface area contributed by atoms with E-state index >= 15 is 0 Å². The van der Waals surface area contributed by atoms with Gasteiger partial charge in [0.2, 0.25) is 0 Å². The highest BCUT2D eigenvalue weighted by Crippen LogP contribution is 2.33. The molecule has 0 saturated carbocycles. The summed E-state index contributed by atoms with van der Waals surface area (Å²) in [7, 11) is 0. The van der Waals surface area contributed by atoms with E-state index in [9.17, 15) is 4.79 Å². The van der Waals surface area contributed by atoms with Crippen LogP contribution in [0.5, 0.6) is 11.5 Å². The van der Waals surface area contributed by atoms with Crippen molar-refractivity contribution in [3.05, 3.63) is 53.6 Å². The quantitative estimate of drug-likeness (QED) is 0.850. The predicted octanol–water partition coefficient (Wildman–Crippen LogP) is 3.48. The normalized spacial score (nSPS) is 13.2. The number of rotatable bonds is 6. The Morgan fingerprint density at radius 2 is 1.88 bits per heavy atom. The number of hydrogen-bond donors (Lipinski definition) is 2. The van der Waals surface area contributed by atoms with Crippen LogP contribution in [0.2, 0.25) is 0 Å². The minimum Gasteiger partial charge on any atom is -0.490 e. The van der Waals surface area contributed by atoms with Gasteiger partial charge in [0.25, 0.3) is 0 Å². The Labute approximate surface area is 141 Å². The van der Waals surface area contributed by atoms with Crippen molar-refractivity contribution in [1.29, 1.82) is 0 Å². The maximum absolute atomic E-state index is 10.6. The number of fused-ring (bicyclic) bond motifs is 1. The van der Waals surface area contributed by atoms with Gasteiger partial charge in [-0.3, -0.25) is 4.79 Å². The van der Waals surface area contributed by atoms with E-state index in [0.29, 0.717) is 26.2 Å². The number of carboxylic acids is 1. The Balaban J connectivity index is 1.63. The van der Waals surface area contributed by atoms with Crippen molar-refractivity contribution in [1.82, 2.24) is 0 Å². The van der Waals surface area contributed by atoms with Crippen LogP contribution in [-0.2, 0) is 17.8 Å². The average Bonchev–Trinajstić information content (AvgIpc) is 2.85. The van der Waals surface area contributed by atoms with Gasteiger partial charge in [0.05, 0.1) is 13.2 Å². The molecule has 1 aliphatic heterocycles. The molecule has 5 heteroatoms. The summed E-state index contributed by atoms with van der Waals surface area (Å²) in [5.41, 5.74) is 3.07. The number of aryl methyl sites for hydroxylation is 1. The van der Waals surface area contributed by atoms with Crippen molar-refractivity contribution in [2.45, 2.75) is 25.8 Å². The van der Waals surface area contributed by atoms with Crippen molar-refractivity contribution >= 4 is 11.7 Å². The van der Waals surface area contributed by atoms with Crippen molar-refractivity contribution in [2.24, 2.45) is 0 Å². The molecule has 0 saturated heterocycles. The third-order valence-corrected chi connectivity index (χ3v) is 3.92. The molecule has 2 aromatic rings. The molecule has 0 spiro atoms. The molecule has 0 atom stereocenters. The summed E-state index contributed by atoms with van der Waals surface area (Å²) in [4.78, 5) is 10.6. The van der Waals surface area contributed by atoms with Crippen LogP contribution < -0.4 is 14.8 Å². The number of carbonyl (C=O) groups is 1. The predicted molar refractivity (Wildman–Crippen MR) is 91.8 cm³/mol. The van der Waals surface area contributed by atoms with Gasteiger partial charge >= 0.3 is 5.97 Å². The molecule has 0 radical (unpaired) electrons. The molecule has 5 nitrogen and oxygen atoms in total. The monoisotopic (exact) mass is 327 g/mol. The van der Waals surface area contributed by atoms with Gasteiger partial charge in [0.15, 0.2) is 11.5 Å². The van der Waals surface area contributed by atoms with E-state index in [2.05, 4.69) is 5.32 Å². The number of aliphatic carboxylic acids is 1. The zero-order chi connectivity index (χ0) is 16.8. The maximum Gasteiger partial charge on any atom is 0.303 e. The van der Waals surface area contributed by atoms with E-state index in [4.69, 9.17) is 14.6 Å². The summed E-state index contributed by atoms with van der Waals surface area (Å²) in [5, 5.41) is 12.1. The van der Waals surface area contributed by atoms with Crippen LogP contribution >= 0.6 is 0 Å². The highest BCUT2D eigenvalue weighted by molar-refractivity contribution is 5.67. The van der Waals surface area contributed by atoms with E-state index in [-0.39, 0.29) is 6.42 Å². The minimum atomic E-state index is -0.774. The second-order valence-electron chi connectivity index (χ2n) is 5.74. The van der Waals surface area contributed by atoms with Crippen LogP contribution in [-0.4, -0.2) is 24.3 Å². The summed E-state index contributed by atoms with van der Waals surface area (Å²) < 4.78 is 11.5. The average molecular weight is 327 g/mol. The van der Waals surface area contributed by atoms with Gasteiger partial charge in [0.1, 0.15) is 0 Å². The first-order valence-corrected chi connectivity index (χ1v) is 8.14. The number of carboxylic acid groups (broad SMARTS) is 1. The van der Waals surface area contributed by atoms with Crippen LogP contribution in [0, 0.1) is 0 Å². The number of benzene rings is 2. The Hall–Kier alpha value is -2.69. The van der Waals surface area contributed by atoms with Gasteiger partial charge in [-0.15, -0.1) is 0 Å². The molecule has 0 amide bonds. The molecular formula is C19H21NO4. The summed E-state index contributed by atoms with van der Waals surface area (Å²) in [6, 6.07) is 13.8. The summed E-state index contributed by atoms with van der Waals surface area (Å²) >= 11 is 0. The molecule has 0 unspecified atom stereocenters. The lowest BCUT2D eigenvalue weighted by Crippen LogP contribution is -2.04. The van der Waals surface area contributed by atoms with Gasteiger partial charge in [-0.05, 0) is 30.2 Å².